The van der Waals surface area contributed by atoms with Gasteiger partial charge in [-0.3, -0.25) is 5.32 Å². The van der Waals surface area contributed by atoms with Crippen LogP contribution in [0.4, 0.5) is 6.01 Å². The third kappa shape index (κ3) is 9.05. The SMILES string of the molecule is N#CNC(=NC/C=C/c1ccc(Cl)cc1)NCCSCc1coc(N=C(N)N)n1. The number of nitrogens with two attached hydrogens (primary N) is 2. The Balaban J connectivity index is 1.70. The molecule has 0 spiro atoms. The number of guanidine groups is 2. The highest BCUT2D eigenvalue weighted by Gasteiger charge is 2.03. The molecule has 0 saturated carbocycles. The van der Waals surface area contributed by atoms with Crippen molar-refractivity contribution in [2.45, 2.75) is 5.75 Å². The summed E-state index contributed by atoms with van der Waals surface area (Å²) in [6, 6.07) is 7.63. The Bertz CT molecular complexity index is 897. The van der Waals surface area contributed by atoms with E-state index in [9.17, 15) is 0 Å². The molecule has 0 radical (unpaired) electrons. The number of thioether (sulfide) groups is 1. The second-order valence-corrected chi connectivity index (χ2v) is 7.06. The van der Waals surface area contributed by atoms with E-state index in [1.807, 2.05) is 42.6 Å². The van der Waals surface area contributed by atoms with Crippen LogP contribution in [0.3, 0.4) is 0 Å². The second-order valence-electron chi connectivity index (χ2n) is 5.52. The van der Waals surface area contributed by atoms with Crippen molar-refractivity contribution in [3.8, 4) is 6.19 Å². The van der Waals surface area contributed by atoms with Gasteiger partial charge in [0.15, 0.2) is 12.2 Å². The Morgan fingerprint density at radius 1 is 1.34 bits per heavy atom. The molecule has 152 valence electrons. The lowest BCUT2D eigenvalue weighted by Crippen LogP contribution is -2.36. The summed E-state index contributed by atoms with van der Waals surface area (Å²) >= 11 is 7.50. The standard InChI is InChI=1S/C18H21ClN8OS/c19-14-5-3-13(4-6-14)2-1-7-23-17(25-12-20)24-8-9-29-11-15-10-28-18(26-15)27-16(21)22/h1-6,10H,7-9,11H2,(H2,23,24,25)(H4,21,22,26,27)/b2-1+. The summed E-state index contributed by atoms with van der Waals surface area (Å²) in [6.45, 7) is 1.05. The highest BCUT2D eigenvalue weighted by molar-refractivity contribution is 7.98. The van der Waals surface area contributed by atoms with Crippen LogP contribution in [0.1, 0.15) is 11.3 Å². The number of aliphatic imine (C=N–C) groups is 2. The largest absolute Gasteiger partial charge is 0.430 e. The summed E-state index contributed by atoms with van der Waals surface area (Å²) in [5.41, 5.74) is 12.3. The lowest BCUT2D eigenvalue weighted by molar-refractivity contribution is 0.568. The molecule has 0 aliphatic carbocycles. The van der Waals surface area contributed by atoms with Gasteiger partial charge in [0.2, 0.25) is 5.96 Å². The van der Waals surface area contributed by atoms with Crippen molar-refractivity contribution in [1.29, 1.82) is 5.26 Å². The molecule has 1 aromatic carbocycles. The van der Waals surface area contributed by atoms with Gasteiger partial charge in [-0.05, 0) is 17.7 Å². The number of nitriles is 1. The van der Waals surface area contributed by atoms with Gasteiger partial charge in [0.05, 0.1) is 12.2 Å². The van der Waals surface area contributed by atoms with Crippen molar-refractivity contribution in [2.75, 3.05) is 18.8 Å². The minimum Gasteiger partial charge on any atom is -0.430 e. The molecule has 11 heteroatoms. The zero-order valence-corrected chi connectivity index (χ0v) is 17.1. The fourth-order valence-corrected chi connectivity index (χ4v) is 2.90. The average molecular weight is 433 g/mol. The van der Waals surface area contributed by atoms with Gasteiger partial charge in [-0.2, -0.15) is 27.0 Å². The average Bonchev–Trinajstić information content (AvgIpc) is 3.12. The first-order valence-corrected chi connectivity index (χ1v) is 10.1. The van der Waals surface area contributed by atoms with Crippen LogP contribution in [0, 0.1) is 11.5 Å². The van der Waals surface area contributed by atoms with Crippen molar-refractivity contribution in [1.82, 2.24) is 15.6 Å². The third-order valence-corrected chi connectivity index (χ3v) is 4.51. The van der Waals surface area contributed by atoms with Crippen LogP contribution in [0.2, 0.25) is 5.02 Å². The zero-order chi connectivity index (χ0) is 20.9. The van der Waals surface area contributed by atoms with E-state index >= 15 is 0 Å². The first-order valence-electron chi connectivity index (χ1n) is 8.54. The van der Waals surface area contributed by atoms with Gasteiger partial charge in [-0.25, -0.2) is 4.99 Å². The fraction of sp³-hybridized carbons (Fsp3) is 0.222. The third-order valence-electron chi connectivity index (χ3n) is 3.26. The molecule has 2 aromatic rings. The number of hydrogen-bond donors (Lipinski definition) is 4. The van der Waals surface area contributed by atoms with E-state index in [1.165, 1.54) is 6.26 Å². The normalized spacial score (nSPS) is 11.2. The monoisotopic (exact) mass is 432 g/mol. The van der Waals surface area contributed by atoms with E-state index < -0.39 is 0 Å². The molecule has 0 aliphatic rings. The van der Waals surface area contributed by atoms with Crippen LogP contribution in [0.25, 0.3) is 6.08 Å². The first-order chi connectivity index (χ1) is 14.1. The number of benzene rings is 1. The van der Waals surface area contributed by atoms with Crippen molar-refractivity contribution >= 4 is 47.4 Å². The van der Waals surface area contributed by atoms with Gasteiger partial charge in [0.1, 0.15) is 6.26 Å². The Hall–Kier alpha value is -3.16. The molecule has 29 heavy (non-hydrogen) atoms. The zero-order valence-electron chi connectivity index (χ0n) is 15.5. The van der Waals surface area contributed by atoms with Crippen LogP contribution >= 0.6 is 23.4 Å². The van der Waals surface area contributed by atoms with Gasteiger partial charge in [0, 0.05) is 23.1 Å². The van der Waals surface area contributed by atoms with E-state index in [0.29, 0.717) is 29.8 Å². The highest BCUT2D eigenvalue weighted by atomic mass is 35.5. The number of aromatic nitrogens is 1. The first kappa shape index (κ1) is 22.1. The highest BCUT2D eigenvalue weighted by Crippen LogP contribution is 2.15. The molecule has 0 saturated heterocycles. The maximum absolute atomic E-state index is 8.85. The van der Waals surface area contributed by atoms with Crippen LogP contribution in [0.15, 0.2) is 51.0 Å². The van der Waals surface area contributed by atoms with E-state index in [-0.39, 0.29) is 12.0 Å². The minimum atomic E-state index is -0.102. The molecule has 1 aromatic heterocycles. The molecule has 0 aliphatic heterocycles. The van der Waals surface area contributed by atoms with Gasteiger partial charge >= 0.3 is 6.01 Å². The molecule has 0 atom stereocenters. The quantitative estimate of drug-likeness (QED) is 0.155. The number of halogens is 1. The van der Waals surface area contributed by atoms with Crippen LogP contribution < -0.4 is 22.1 Å². The Labute approximate surface area is 177 Å². The number of oxazole rings is 1. The summed E-state index contributed by atoms with van der Waals surface area (Å²) in [6.07, 6.45) is 7.23. The molecule has 0 unspecified atom stereocenters. The maximum atomic E-state index is 8.85. The van der Waals surface area contributed by atoms with Gasteiger partial charge in [-0.15, -0.1) is 0 Å². The molecule has 2 rings (SSSR count). The molecular formula is C18H21ClN8OS. The summed E-state index contributed by atoms with van der Waals surface area (Å²) in [5, 5.41) is 15.2. The molecular weight excluding hydrogens is 412 g/mol. The minimum absolute atomic E-state index is 0.102. The van der Waals surface area contributed by atoms with E-state index in [2.05, 4.69) is 25.6 Å². The maximum Gasteiger partial charge on any atom is 0.325 e. The molecule has 1 heterocycles. The smallest absolute Gasteiger partial charge is 0.325 e. The number of rotatable bonds is 9. The van der Waals surface area contributed by atoms with Crippen molar-refractivity contribution in [3.05, 3.63) is 52.9 Å². The van der Waals surface area contributed by atoms with Crippen LogP contribution in [-0.2, 0) is 5.75 Å². The lowest BCUT2D eigenvalue weighted by atomic mass is 10.2. The Kier molecular flexibility index (Phi) is 9.41. The molecule has 9 nitrogen and oxygen atoms in total. The van der Waals surface area contributed by atoms with Crippen LogP contribution in [-0.4, -0.2) is 35.7 Å². The summed E-state index contributed by atoms with van der Waals surface area (Å²) in [4.78, 5) is 12.2. The van der Waals surface area contributed by atoms with Crippen molar-refractivity contribution in [3.63, 3.8) is 0 Å². The molecule has 0 fully saturated rings. The van der Waals surface area contributed by atoms with E-state index in [4.69, 9.17) is 32.7 Å². The van der Waals surface area contributed by atoms with Crippen LogP contribution in [0.5, 0.6) is 0 Å². The Morgan fingerprint density at radius 3 is 2.86 bits per heavy atom. The Morgan fingerprint density at radius 2 is 2.14 bits per heavy atom. The van der Waals surface area contributed by atoms with Crippen molar-refractivity contribution in [2.24, 2.45) is 21.5 Å². The van der Waals surface area contributed by atoms with Crippen molar-refractivity contribution < 1.29 is 4.42 Å². The summed E-state index contributed by atoms with van der Waals surface area (Å²) < 4.78 is 5.13. The number of nitrogens with zero attached hydrogens (tertiary/aromatic N) is 4. The molecule has 0 amide bonds. The number of hydrogen-bond acceptors (Lipinski definition) is 6. The lowest BCUT2D eigenvalue weighted by Gasteiger charge is -2.06. The number of nitrogens with one attached hydrogen (secondary N) is 2. The topological polar surface area (TPSA) is 151 Å². The van der Waals surface area contributed by atoms with Gasteiger partial charge in [-0.1, -0.05) is 35.9 Å². The van der Waals surface area contributed by atoms with Gasteiger partial charge in [0.25, 0.3) is 0 Å². The summed E-state index contributed by atoms with van der Waals surface area (Å²) in [7, 11) is 0. The second kappa shape index (κ2) is 12.3. The predicted molar refractivity (Wildman–Crippen MR) is 118 cm³/mol. The van der Waals surface area contributed by atoms with E-state index in [0.717, 1.165) is 17.0 Å². The molecule has 0 bridgehead atoms. The fourth-order valence-electron chi connectivity index (χ4n) is 2.04. The van der Waals surface area contributed by atoms with Gasteiger partial charge < -0.3 is 21.2 Å². The molecule has 6 N–H and O–H groups in total. The predicted octanol–water partition coefficient (Wildman–Crippen LogP) is 2.20. The summed E-state index contributed by atoms with van der Waals surface area (Å²) in [5.74, 6) is 1.74. The van der Waals surface area contributed by atoms with E-state index in [1.54, 1.807) is 11.8 Å².